The lowest BCUT2D eigenvalue weighted by Crippen LogP contribution is -2.33. The number of rotatable bonds is 9. The maximum Gasteiger partial charge on any atom is 0.257 e. The molecule has 2 heterocycles. The first-order chi connectivity index (χ1) is 13.2. The van der Waals surface area contributed by atoms with Crippen molar-refractivity contribution in [3.05, 3.63) is 53.2 Å². The molecule has 0 aliphatic rings. The van der Waals surface area contributed by atoms with E-state index in [-0.39, 0.29) is 12.5 Å². The minimum atomic E-state index is -0.0466. The van der Waals surface area contributed by atoms with Crippen LogP contribution in [0, 0.1) is 0 Å². The molecular formula is C20H24N4O2S. The summed E-state index contributed by atoms with van der Waals surface area (Å²) in [5.41, 5.74) is 2.03. The number of benzene rings is 1. The van der Waals surface area contributed by atoms with E-state index in [0.717, 1.165) is 30.0 Å². The summed E-state index contributed by atoms with van der Waals surface area (Å²) in [4.78, 5) is 15.4. The topological polar surface area (TPSA) is 71.3 Å². The minimum absolute atomic E-state index is 0.0466. The summed E-state index contributed by atoms with van der Waals surface area (Å²) in [5.74, 6) is 1.000. The predicted octanol–water partition coefficient (Wildman–Crippen LogP) is 4.21. The van der Waals surface area contributed by atoms with Crippen molar-refractivity contribution in [1.82, 2.24) is 15.1 Å². The molecule has 1 aromatic carbocycles. The highest BCUT2D eigenvalue weighted by Crippen LogP contribution is 2.23. The molecule has 142 valence electrons. The second kappa shape index (κ2) is 9.43. The number of aryl methyl sites for hydroxylation is 1. The Kier molecular flexibility index (Phi) is 6.73. The lowest BCUT2D eigenvalue weighted by Gasteiger charge is -2.19. The van der Waals surface area contributed by atoms with Gasteiger partial charge in [0.15, 0.2) is 0 Å². The lowest BCUT2D eigenvalue weighted by atomic mass is 10.1. The molecule has 0 bridgehead atoms. The number of thiophene rings is 1. The van der Waals surface area contributed by atoms with Gasteiger partial charge in [-0.3, -0.25) is 9.69 Å². The Morgan fingerprint density at radius 2 is 2.11 bits per heavy atom. The van der Waals surface area contributed by atoms with Crippen molar-refractivity contribution in [3.63, 3.8) is 0 Å². The first-order valence-corrected chi connectivity index (χ1v) is 10.0. The third-order valence-electron chi connectivity index (χ3n) is 4.08. The molecule has 0 radical (unpaired) electrons. The number of nitrogens with one attached hydrogen (secondary N) is 1. The van der Waals surface area contributed by atoms with E-state index >= 15 is 0 Å². The van der Waals surface area contributed by atoms with E-state index in [0.29, 0.717) is 18.3 Å². The van der Waals surface area contributed by atoms with E-state index in [2.05, 4.69) is 35.4 Å². The maximum atomic E-state index is 12.5. The Morgan fingerprint density at radius 3 is 2.85 bits per heavy atom. The van der Waals surface area contributed by atoms with E-state index in [4.69, 9.17) is 4.42 Å². The molecule has 3 aromatic rings. The number of hydrogen-bond donors (Lipinski definition) is 1. The summed E-state index contributed by atoms with van der Waals surface area (Å²) in [6.07, 6.45) is 1.87. The van der Waals surface area contributed by atoms with Gasteiger partial charge >= 0.3 is 0 Å². The van der Waals surface area contributed by atoms with Crippen LogP contribution < -0.4 is 5.32 Å². The second-order valence-electron chi connectivity index (χ2n) is 6.29. The average Bonchev–Trinajstić information content (AvgIpc) is 3.33. The van der Waals surface area contributed by atoms with E-state index < -0.39 is 0 Å². The monoisotopic (exact) mass is 384 g/mol. The maximum absolute atomic E-state index is 12.5. The van der Waals surface area contributed by atoms with Crippen molar-refractivity contribution in [2.75, 3.05) is 18.4 Å². The molecule has 7 heteroatoms. The molecule has 3 rings (SSSR count). The first-order valence-electron chi connectivity index (χ1n) is 9.15. The fourth-order valence-electron chi connectivity index (χ4n) is 2.81. The number of hydrogen-bond acceptors (Lipinski definition) is 6. The van der Waals surface area contributed by atoms with E-state index in [1.807, 2.05) is 40.6 Å². The van der Waals surface area contributed by atoms with Gasteiger partial charge in [-0.15, -0.1) is 21.5 Å². The number of amides is 1. The number of anilines is 1. The van der Waals surface area contributed by atoms with Crippen LogP contribution in [0.15, 0.2) is 46.2 Å². The molecule has 0 spiro atoms. The van der Waals surface area contributed by atoms with Gasteiger partial charge in [-0.05, 0) is 48.5 Å². The highest BCUT2D eigenvalue weighted by molar-refractivity contribution is 7.13. The Morgan fingerprint density at radius 1 is 1.22 bits per heavy atom. The second-order valence-corrected chi connectivity index (χ2v) is 7.24. The van der Waals surface area contributed by atoms with E-state index in [1.54, 1.807) is 11.3 Å². The molecule has 0 unspecified atom stereocenters. The van der Waals surface area contributed by atoms with Crippen molar-refractivity contribution in [2.45, 2.75) is 33.2 Å². The summed E-state index contributed by atoms with van der Waals surface area (Å²) in [5, 5.41) is 13.2. The number of aromatic nitrogens is 2. The smallest absolute Gasteiger partial charge is 0.257 e. The van der Waals surface area contributed by atoms with Crippen molar-refractivity contribution in [3.8, 4) is 10.8 Å². The van der Waals surface area contributed by atoms with Gasteiger partial charge in [0.2, 0.25) is 11.8 Å². The zero-order chi connectivity index (χ0) is 19.1. The Bertz CT molecular complexity index is 861. The minimum Gasteiger partial charge on any atom is -0.419 e. The van der Waals surface area contributed by atoms with Crippen LogP contribution in [0.3, 0.4) is 0 Å². The largest absolute Gasteiger partial charge is 0.419 e. The van der Waals surface area contributed by atoms with Crippen LogP contribution in [0.4, 0.5) is 5.69 Å². The Balaban J connectivity index is 1.60. The van der Waals surface area contributed by atoms with Gasteiger partial charge in [0, 0.05) is 5.69 Å². The van der Waals surface area contributed by atoms with Gasteiger partial charge < -0.3 is 9.73 Å². The van der Waals surface area contributed by atoms with Gasteiger partial charge in [0.05, 0.1) is 18.0 Å². The molecule has 1 amide bonds. The van der Waals surface area contributed by atoms with Crippen molar-refractivity contribution in [2.24, 2.45) is 0 Å². The molecule has 0 aliphatic carbocycles. The molecule has 1 N–H and O–H groups in total. The summed E-state index contributed by atoms with van der Waals surface area (Å²) in [6.45, 7) is 5.69. The average molecular weight is 385 g/mol. The van der Waals surface area contributed by atoms with Crippen molar-refractivity contribution < 1.29 is 9.21 Å². The van der Waals surface area contributed by atoms with Gasteiger partial charge in [-0.2, -0.15) is 0 Å². The Hall–Kier alpha value is -2.51. The highest BCUT2D eigenvalue weighted by Gasteiger charge is 2.16. The molecule has 27 heavy (non-hydrogen) atoms. The first kappa shape index (κ1) is 19.3. The van der Waals surface area contributed by atoms with Crippen LogP contribution in [-0.2, 0) is 17.8 Å². The van der Waals surface area contributed by atoms with Gasteiger partial charge in [0.25, 0.3) is 5.89 Å². The SMILES string of the molecule is CCCN(CC(=O)Nc1cccc(CC)c1)Cc1nnc(-c2cccs2)o1. The van der Waals surface area contributed by atoms with Gasteiger partial charge in [-0.25, -0.2) is 0 Å². The third-order valence-corrected chi connectivity index (χ3v) is 4.94. The van der Waals surface area contributed by atoms with Gasteiger partial charge in [-0.1, -0.05) is 32.0 Å². The molecule has 6 nitrogen and oxygen atoms in total. The summed E-state index contributed by atoms with van der Waals surface area (Å²) in [6, 6.07) is 11.8. The van der Waals surface area contributed by atoms with E-state index in [1.165, 1.54) is 5.56 Å². The molecule has 0 saturated heterocycles. The third kappa shape index (κ3) is 5.48. The molecular weight excluding hydrogens is 360 g/mol. The quantitative estimate of drug-likeness (QED) is 0.598. The van der Waals surface area contributed by atoms with Crippen LogP contribution in [0.25, 0.3) is 10.8 Å². The molecule has 2 aromatic heterocycles. The summed E-state index contributed by atoms with van der Waals surface area (Å²) in [7, 11) is 0. The van der Waals surface area contributed by atoms with Crippen LogP contribution >= 0.6 is 11.3 Å². The fourth-order valence-corrected chi connectivity index (χ4v) is 3.46. The zero-order valence-electron chi connectivity index (χ0n) is 15.6. The zero-order valence-corrected chi connectivity index (χ0v) is 16.5. The molecule has 0 fully saturated rings. The Labute approximate surface area is 163 Å². The van der Waals surface area contributed by atoms with Crippen LogP contribution in [0.2, 0.25) is 0 Å². The van der Waals surface area contributed by atoms with Crippen molar-refractivity contribution in [1.29, 1.82) is 0 Å². The standard InChI is InChI=1S/C20H24N4O2S/c1-3-10-24(13-18(25)21-16-8-5-7-15(4-2)12-16)14-19-22-23-20(26-19)17-9-6-11-27-17/h5-9,11-12H,3-4,10,13-14H2,1-2H3,(H,21,25). The summed E-state index contributed by atoms with van der Waals surface area (Å²) >= 11 is 1.56. The van der Waals surface area contributed by atoms with Crippen LogP contribution in [0.1, 0.15) is 31.7 Å². The fraction of sp³-hybridized carbons (Fsp3) is 0.350. The van der Waals surface area contributed by atoms with E-state index in [9.17, 15) is 4.79 Å². The summed E-state index contributed by atoms with van der Waals surface area (Å²) < 4.78 is 5.75. The highest BCUT2D eigenvalue weighted by atomic mass is 32.1. The van der Waals surface area contributed by atoms with Crippen LogP contribution in [-0.4, -0.2) is 34.1 Å². The number of carbonyl (C=O) groups excluding carboxylic acids is 1. The molecule has 0 atom stereocenters. The van der Waals surface area contributed by atoms with Gasteiger partial charge in [0.1, 0.15) is 0 Å². The predicted molar refractivity (Wildman–Crippen MR) is 108 cm³/mol. The van der Waals surface area contributed by atoms with Crippen molar-refractivity contribution >= 4 is 22.9 Å². The molecule has 0 saturated carbocycles. The normalized spacial score (nSPS) is 11.1. The molecule has 0 aliphatic heterocycles. The number of carbonyl (C=O) groups is 1. The van der Waals surface area contributed by atoms with Crippen LogP contribution in [0.5, 0.6) is 0 Å². The lowest BCUT2D eigenvalue weighted by molar-refractivity contribution is -0.117. The number of nitrogens with zero attached hydrogens (tertiary/aromatic N) is 3.